The molecule has 0 atom stereocenters. The Morgan fingerprint density at radius 3 is 1.91 bits per heavy atom. The van der Waals surface area contributed by atoms with Crippen molar-refractivity contribution in [2.45, 2.75) is 0 Å². The van der Waals surface area contributed by atoms with E-state index in [0.717, 1.165) is 52.8 Å². The standard InChI is InChI=1S/C29H29N3O3/c1-34-25-19-24(20-26(21-25)35-2)30-15-17-31(18-16-30)29(33)27-13-14-32(23-11-7-4-8-12-23)28(27)22-9-5-3-6-10-22/h3-14,19-21H,15-18H2,1-2H3. The monoisotopic (exact) mass is 467 g/mol. The van der Waals surface area contributed by atoms with Gasteiger partial charge in [0.1, 0.15) is 11.5 Å². The van der Waals surface area contributed by atoms with Gasteiger partial charge in [-0.2, -0.15) is 0 Å². The van der Waals surface area contributed by atoms with Crippen LogP contribution in [0.1, 0.15) is 10.4 Å². The highest BCUT2D eigenvalue weighted by Gasteiger charge is 2.27. The van der Waals surface area contributed by atoms with E-state index in [2.05, 4.69) is 33.7 Å². The summed E-state index contributed by atoms with van der Waals surface area (Å²) in [6.45, 7) is 2.76. The quantitative estimate of drug-likeness (QED) is 0.395. The number of methoxy groups -OCH3 is 2. The van der Waals surface area contributed by atoms with Crippen LogP contribution in [0, 0.1) is 0 Å². The number of anilines is 1. The van der Waals surface area contributed by atoms with E-state index in [0.29, 0.717) is 13.1 Å². The van der Waals surface area contributed by atoms with E-state index >= 15 is 0 Å². The molecule has 1 saturated heterocycles. The average Bonchev–Trinajstić information content (AvgIpc) is 3.38. The minimum Gasteiger partial charge on any atom is -0.497 e. The third kappa shape index (κ3) is 4.60. The van der Waals surface area contributed by atoms with Gasteiger partial charge in [-0.1, -0.05) is 48.5 Å². The maximum atomic E-state index is 13.7. The second-order valence-electron chi connectivity index (χ2n) is 8.50. The number of piperazine rings is 1. The minimum atomic E-state index is 0.0569. The molecular weight excluding hydrogens is 438 g/mol. The molecule has 0 bridgehead atoms. The first-order chi connectivity index (χ1) is 17.2. The van der Waals surface area contributed by atoms with Crippen molar-refractivity contribution in [1.82, 2.24) is 9.47 Å². The molecule has 35 heavy (non-hydrogen) atoms. The van der Waals surface area contributed by atoms with Crippen molar-refractivity contribution in [3.63, 3.8) is 0 Å². The van der Waals surface area contributed by atoms with Gasteiger partial charge in [-0.3, -0.25) is 4.79 Å². The fourth-order valence-electron chi connectivity index (χ4n) is 4.61. The van der Waals surface area contributed by atoms with Crippen LogP contribution in [0.3, 0.4) is 0 Å². The molecule has 6 heteroatoms. The normalized spacial score (nSPS) is 13.5. The van der Waals surface area contributed by atoms with Gasteiger partial charge in [0, 0.05) is 61.9 Å². The number of benzene rings is 3. The third-order valence-corrected chi connectivity index (χ3v) is 6.47. The smallest absolute Gasteiger partial charge is 0.256 e. The van der Waals surface area contributed by atoms with Gasteiger partial charge in [0.2, 0.25) is 0 Å². The Balaban J connectivity index is 1.40. The Hall–Kier alpha value is -4.19. The summed E-state index contributed by atoms with van der Waals surface area (Å²) < 4.78 is 13.0. The zero-order valence-electron chi connectivity index (χ0n) is 20.1. The zero-order valence-corrected chi connectivity index (χ0v) is 20.1. The highest BCUT2D eigenvalue weighted by atomic mass is 16.5. The van der Waals surface area contributed by atoms with Crippen LogP contribution in [-0.2, 0) is 0 Å². The van der Waals surface area contributed by atoms with Crippen molar-refractivity contribution in [1.29, 1.82) is 0 Å². The van der Waals surface area contributed by atoms with E-state index in [1.54, 1.807) is 14.2 Å². The lowest BCUT2D eigenvalue weighted by molar-refractivity contribution is 0.0747. The van der Waals surface area contributed by atoms with Gasteiger partial charge in [0.25, 0.3) is 5.91 Å². The van der Waals surface area contributed by atoms with Crippen LogP contribution < -0.4 is 14.4 Å². The molecule has 5 rings (SSSR count). The van der Waals surface area contributed by atoms with Crippen LogP contribution in [0.5, 0.6) is 11.5 Å². The summed E-state index contributed by atoms with van der Waals surface area (Å²) in [5, 5.41) is 0. The molecule has 178 valence electrons. The molecule has 6 nitrogen and oxygen atoms in total. The Bertz CT molecular complexity index is 1270. The van der Waals surface area contributed by atoms with Crippen molar-refractivity contribution in [3.8, 4) is 28.4 Å². The Morgan fingerprint density at radius 1 is 0.714 bits per heavy atom. The number of nitrogens with zero attached hydrogens (tertiary/aromatic N) is 3. The number of rotatable bonds is 6. The van der Waals surface area contributed by atoms with Gasteiger partial charge in [0.15, 0.2) is 0 Å². The molecular formula is C29H29N3O3. The van der Waals surface area contributed by atoms with Crippen LogP contribution in [-0.4, -0.2) is 55.8 Å². The number of hydrogen-bond donors (Lipinski definition) is 0. The number of para-hydroxylation sites is 1. The molecule has 0 aliphatic carbocycles. The number of amides is 1. The molecule has 0 radical (unpaired) electrons. The molecule has 0 unspecified atom stereocenters. The van der Waals surface area contributed by atoms with Gasteiger partial charge in [-0.05, 0) is 23.8 Å². The van der Waals surface area contributed by atoms with E-state index in [9.17, 15) is 4.79 Å². The molecule has 1 aliphatic heterocycles. The predicted octanol–water partition coefficient (Wildman–Crippen LogP) is 5.12. The van der Waals surface area contributed by atoms with Crippen LogP contribution in [0.25, 0.3) is 16.9 Å². The van der Waals surface area contributed by atoms with Gasteiger partial charge < -0.3 is 23.8 Å². The van der Waals surface area contributed by atoms with E-state index < -0.39 is 0 Å². The number of carbonyl (C=O) groups is 1. The highest BCUT2D eigenvalue weighted by molar-refractivity contribution is 6.01. The molecule has 1 aromatic heterocycles. The molecule has 2 heterocycles. The Labute approximate surface area is 205 Å². The molecule has 0 spiro atoms. The minimum absolute atomic E-state index is 0.0569. The first kappa shape index (κ1) is 22.6. The second kappa shape index (κ2) is 9.97. The van der Waals surface area contributed by atoms with E-state index in [1.807, 2.05) is 71.8 Å². The first-order valence-corrected chi connectivity index (χ1v) is 11.8. The van der Waals surface area contributed by atoms with Gasteiger partial charge in [0.05, 0.1) is 25.5 Å². The van der Waals surface area contributed by atoms with Crippen LogP contribution in [0.4, 0.5) is 5.69 Å². The van der Waals surface area contributed by atoms with Crippen LogP contribution >= 0.6 is 0 Å². The SMILES string of the molecule is COc1cc(OC)cc(N2CCN(C(=O)c3ccn(-c4ccccc4)c3-c3ccccc3)CC2)c1. The summed E-state index contributed by atoms with van der Waals surface area (Å²) in [4.78, 5) is 18.0. The predicted molar refractivity (Wildman–Crippen MR) is 139 cm³/mol. The van der Waals surface area contributed by atoms with Crippen molar-refractivity contribution >= 4 is 11.6 Å². The summed E-state index contributed by atoms with van der Waals surface area (Å²) in [5.41, 5.74) is 4.72. The highest BCUT2D eigenvalue weighted by Crippen LogP contribution is 2.31. The summed E-state index contributed by atoms with van der Waals surface area (Å²) in [6, 6.07) is 28.1. The Morgan fingerprint density at radius 2 is 1.31 bits per heavy atom. The second-order valence-corrected chi connectivity index (χ2v) is 8.50. The average molecular weight is 468 g/mol. The van der Waals surface area contributed by atoms with E-state index in [-0.39, 0.29) is 5.91 Å². The lowest BCUT2D eigenvalue weighted by atomic mass is 10.1. The molecule has 4 aromatic rings. The lowest BCUT2D eigenvalue weighted by Gasteiger charge is -2.36. The van der Waals surface area contributed by atoms with Crippen molar-refractivity contribution in [3.05, 3.63) is 96.7 Å². The van der Waals surface area contributed by atoms with E-state index in [4.69, 9.17) is 9.47 Å². The topological polar surface area (TPSA) is 46.9 Å². The maximum absolute atomic E-state index is 13.7. The van der Waals surface area contributed by atoms with E-state index in [1.165, 1.54) is 0 Å². The number of hydrogen-bond acceptors (Lipinski definition) is 4. The fraction of sp³-hybridized carbons (Fsp3) is 0.207. The summed E-state index contributed by atoms with van der Waals surface area (Å²) >= 11 is 0. The first-order valence-electron chi connectivity index (χ1n) is 11.8. The number of aromatic nitrogens is 1. The molecule has 0 saturated carbocycles. The van der Waals surface area contributed by atoms with Crippen molar-refractivity contribution < 1.29 is 14.3 Å². The van der Waals surface area contributed by atoms with Gasteiger partial charge in [-0.15, -0.1) is 0 Å². The van der Waals surface area contributed by atoms with Crippen LogP contribution in [0.2, 0.25) is 0 Å². The lowest BCUT2D eigenvalue weighted by Crippen LogP contribution is -2.48. The van der Waals surface area contributed by atoms with Gasteiger partial charge in [-0.25, -0.2) is 0 Å². The molecule has 3 aromatic carbocycles. The van der Waals surface area contributed by atoms with Crippen molar-refractivity contribution in [2.75, 3.05) is 45.3 Å². The number of carbonyl (C=O) groups excluding carboxylic acids is 1. The molecule has 0 N–H and O–H groups in total. The molecule has 1 amide bonds. The summed E-state index contributed by atoms with van der Waals surface area (Å²) in [5.74, 6) is 1.57. The number of ether oxygens (including phenoxy) is 2. The maximum Gasteiger partial charge on any atom is 0.256 e. The summed E-state index contributed by atoms with van der Waals surface area (Å²) in [6.07, 6.45) is 1.99. The van der Waals surface area contributed by atoms with Gasteiger partial charge >= 0.3 is 0 Å². The molecule has 1 aliphatic rings. The molecule has 1 fully saturated rings. The Kier molecular flexibility index (Phi) is 6.44. The van der Waals surface area contributed by atoms with Crippen molar-refractivity contribution in [2.24, 2.45) is 0 Å². The largest absolute Gasteiger partial charge is 0.497 e. The summed E-state index contributed by atoms with van der Waals surface area (Å²) in [7, 11) is 3.31. The fourth-order valence-corrected chi connectivity index (χ4v) is 4.61. The third-order valence-electron chi connectivity index (χ3n) is 6.47. The zero-order chi connectivity index (χ0) is 24.2. The van der Waals surface area contributed by atoms with Crippen LogP contribution in [0.15, 0.2) is 91.1 Å².